The van der Waals surface area contributed by atoms with E-state index >= 15 is 0 Å². The Hall–Kier alpha value is -3.35. The first-order valence-corrected chi connectivity index (χ1v) is 11.1. The highest BCUT2D eigenvalue weighted by Gasteiger charge is 2.46. The number of halogens is 3. The molecule has 0 aromatic heterocycles. The van der Waals surface area contributed by atoms with E-state index in [1.807, 2.05) is 19.9 Å². The van der Waals surface area contributed by atoms with E-state index in [1.165, 1.54) is 18.2 Å². The average Bonchev–Trinajstić information content (AvgIpc) is 2.75. The van der Waals surface area contributed by atoms with Crippen molar-refractivity contribution in [2.24, 2.45) is 5.41 Å². The van der Waals surface area contributed by atoms with Gasteiger partial charge in [-0.05, 0) is 36.0 Å². The molecule has 0 saturated carbocycles. The number of rotatable bonds is 4. The number of ketones is 1. The first-order chi connectivity index (χ1) is 16.0. The molecule has 2 aromatic carbocycles. The number of carbonyl (C=O) groups excluding carboxylic acids is 2. The zero-order valence-electron chi connectivity index (χ0n) is 19.3. The minimum Gasteiger partial charge on any atom is -0.457 e. The maximum absolute atomic E-state index is 14.0. The quantitative estimate of drug-likeness (QED) is 0.554. The number of dihydropyridines is 1. The van der Waals surface area contributed by atoms with Gasteiger partial charge in [-0.25, -0.2) is 4.79 Å². The summed E-state index contributed by atoms with van der Waals surface area (Å²) in [6.07, 6.45) is -3.97. The van der Waals surface area contributed by atoms with Gasteiger partial charge in [-0.15, -0.1) is 0 Å². The molecule has 178 valence electrons. The fourth-order valence-corrected chi connectivity index (χ4v) is 4.83. The zero-order chi connectivity index (χ0) is 24.7. The lowest BCUT2D eigenvalue weighted by atomic mass is 9.68. The van der Waals surface area contributed by atoms with E-state index in [9.17, 15) is 22.8 Å². The Morgan fingerprint density at radius 3 is 2.38 bits per heavy atom. The number of hydrogen-bond acceptors (Lipinski definition) is 4. The second-order valence-corrected chi connectivity index (χ2v) is 9.58. The minimum atomic E-state index is -4.65. The normalized spacial score (nSPS) is 20.1. The SMILES string of the molecule is CC1=C(C(=O)OCc2ccccc2)C(c2ccccc2C(F)(F)F)C2=C(CC(C)(C)CC2=O)N1. The maximum atomic E-state index is 14.0. The third-order valence-corrected chi connectivity index (χ3v) is 6.25. The summed E-state index contributed by atoms with van der Waals surface area (Å²) < 4.78 is 47.5. The lowest BCUT2D eigenvalue weighted by Crippen LogP contribution is -2.39. The number of ether oxygens (including phenoxy) is 1. The van der Waals surface area contributed by atoms with Crippen molar-refractivity contribution in [2.45, 2.75) is 52.3 Å². The molecule has 0 saturated heterocycles. The van der Waals surface area contributed by atoms with E-state index in [1.54, 1.807) is 31.2 Å². The van der Waals surface area contributed by atoms with E-state index in [2.05, 4.69) is 5.32 Å². The lowest BCUT2D eigenvalue weighted by Gasteiger charge is -2.40. The van der Waals surface area contributed by atoms with Crippen LogP contribution < -0.4 is 5.32 Å². The van der Waals surface area contributed by atoms with Gasteiger partial charge in [-0.3, -0.25) is 4.79 Å². The van der Waals surface area contributed by atoms with Gasteiger partial charge in [0.05, 0.1) is 11.1 Å². The molecule has 1 N–H and O–H groups in total. The van der Waals surface area contributed by atoms with Crippen molar-refractivity contribution in [3.05, 3.63) is 93.8 Å². The van der Waals surface area contributed by atoms with Gasteiger partial charge < -0.3 is 10.1 Å². The van der Waals surface area contributed by atoms with Crippen LogP contribution in [0.15, 0.2) is 77.1 Å². The summed E-state index contributed by atoms with van der Waals surface area (Å²) >= 11 is 0. The van der Waals surface area contributed by atoms with E-state index < -0.39 is 23.6 Å². The largest absolute Gasteiger partial charge is 0.457 e. The summed E-state index contributed by atoms with van der Waals surface area (Å²) in [6, 6.07) is 14.1. The molecule has 4 nitrogen and oxygen atoms in total. The van der Waals surface area contributed by atoms with Crippen LogP contribution in [0.5, 0.6) is 0 Å². The molecule has 1 unspecified atom stereocenters. The Balaban J connectivity index is 1.82. The predicted molar refractivity (Wildman–Crippen MR) is 121 cm³/mol. The number of nitrogens with one attached hydrogen (secondary N) is 1. The van der Waals surface area contributed by atoms with Crippen LogP contribution in [0, 0.1) is 5.41 Å². The van der Waals surface area contributed by atoms with E-state index in [-0.39, 0.29) is 40.9 Å². The fraction of sp³-hybridized carbons (Fsp3) is 0.333. The predicted octanol–water partition coefficient (Wildman–Crippen LogP) is 6.05. The Labute approximate surface area is 196 Å². The fourth-order valence-electron chi connectivity index (χ4n) is 4.83. The van der Waals surface area contributed by atoms with Crippen molar-refractivity contribution in [3.63, 3.8) is 0 Å². The number of carbonyl (C=O) groups is 2. The number of hydrogen-bond donors (Lipinski definition) is 1. The number of Topliss-reactive ketones (excluding diaryl/α,β-unsaturated/α-hetero) is 1. The molecule has 2 aromatic rings. The third kappa shape index (κ3) is 4.65. The van der Waals surface area contributed by atoms with Gasteiger partial charge in [0, 0.05) is 29.3 Å². The van der Waals surface area contributed by atoms with Crippen molar-refractivity contribution < 1.29 is 27.5 Å². The summed E-state index contributed by atoms with van der Waals surface area (Å²) in [5.41, 5.74) is 0.622. The Morgan fingerprint density at radius 2 is 1.71 bits per heavy atom. The van der Waals surface area contributed by atoms with Crippen LogP contribution in [0.25, 0.3) is 0 Å². The second kappa shape index (κ2) is 8.78. The number of benzene rings is 2. The molecule has 0 bridgehead atoms. The van der Waals surface area contributed by atoms with Crippen LogP contribution >= 0.6 is 0 Å². The van der Waals surface area contributed by atoms with Crippen LogP contribution in [0.2, 0.25) is 0 Å². The van der Waals surface area contributed by atoms with Crippen LogP contribution in [0.4, 0.5) is 13.2 Å². The summed E-state index contributed by atoms with van der Waals surface area (Å²) in [7, 11) is 0. The molecule has 34 heavy (non-hydrogen) atoms. The molecule has 1 aliphatic carbocycles. The van der Waals surface area contributed by atoms with Crippen molar-refractivity contribution in [1.82, 2.24) is 5.32 Å². The van der Waals surface area contributed by atoms with E-state index in [4.69, 9.17) is 4.74 Å². The van der Waals surface area contributed by atoms with Crippen LogP contribution in [-0.2, 0) is 27.1 Å². The van der Waals surface area contributed by atoms with Gasteiger partial charge >= 0.3 is 12.1 Å². The Kier molecular flexibility index (Phi) is 6.14. The highest BCUT2D eigenvalue weighted by molar-refractivity contribution is 6.04. The highest BCUT2D eigenvalue weighted by atomic mass is 19.4. The van der Waals surface area contributed by atoms with Gasteiger partial charge in [0.1, 0.15) is 6.61 Å². The molecule has 1 heterocycles. The van der Waals surface area contributed by atoms with Gasteiger partial charge in [-0.2, -0.15) is 13.2 Å². The summed E-state index contributed by atoms with van der Waals surface area (Å²) in [5, 5.41) is 3.15. The molecule has 4 rings (SSSR count). The first-order valence-electron chi connectivity index (χ1n) is 11.1. The van der Waals surface area contributed by atoms with Crippen molar-refractivity contribution in [2.75, 3.05) is 0 Å². The summed E-state index contributed by atoms with van der Waals surface area (Å²) in [6.45, 7) is 5.49. The standard InChI is InChI=1S/C27H26F3NO3/c1-16-22(25(33)34-15-17-9-5-4-6-10-17)23(18-11-7-8-12-19(18)27(28,29)30)24-20(31-16)13-26(2,3)14-21(24)32/h4-12,23,31H,13-15H2,1-3H3. The van der Waals surface area contributed by atoms with Gasteiger partial charge in [0.15, 0.2) is 5.78 Å². The second-order valence-electron chi connectivity index (χ2n) is 9.58. The van der Waals surface area contributed by atoms with Gasteiger partial charge in [-0.1, -0.05) is 62.4 Å². The third-order valence-electron chi connectivity index (χ3n) is 6.25. The lowest BCUT2D eigenvalue weighted by molar-refractivity contribution is -0.142. The molecule has 7 heteroatoms. The average molecular weight is 470 g/mol. The maximum Gasteiger partial charge on any atom is 0.416 e. The molecule has 1 aliphatic heterocycles. The number of alkyl halides is 3. The molecule has 1 atom stereocenters. The van der Waals surface area contributed by atoms with Crippen LogP contribution in [0.1, 0.15) is 56.2 Å². The Morgan fingerprint density at radius 1 is 1.06 bits per heavy atom. The van der Waals surface area contributed by atoms with Crippen molar-refractivity contribution >= 4 is 11.8 Å². The van der Waals surface area contributed by atoms with Crippen molar-refractivity contribution in [3.8, 4) is 0 Å². The monoisotopic (exact) mass is 469 g/mol. The molecular weight excluding hydrogens is 443 g/mol. The van der Waals surface area contributed by atoms with E-state index in [0.717, 1.165) is 11.6 Å². The molecule has 0 spiro atoms. The van der Waals surface area contributed by atoms with Crippen LogP contribution in [0.3, 0.4) is 0 Å². The van der Waals surface area contributed by atoms with Crippen molar-refractivity contribution in [1.29, 1.82) is 0 Å². The number of allylic oxidation sites excluding steroid dienone is 3. The smallest absolute Gasteiger partial charge is 0.416 e. The van der Waals surface area contributed by atoms with E-state index in [0.29, 0.717) is 17.8 Å². The molecule has 0 amide bonds. The molecular formula is C27H26F3NO3. The van der Waals surface area contributed by atoms with Gasteiger partial charge in [0.25, 0.3) is 0 Å². The topological polar surface area (TPSA) is 55.4 Å². The highest BCUT2D eigenvalue weighted by Crippen LogP contribution is 2.49. The number of esters is 1. The van der Waals surface area contributed by atoms with Crippen LogP contribution in [-0.4, -0.2) is 11.8 Å². The molecule has 0 fully saturated rings. The molecule has 2 aliphatic rings. The van der Waals surface area contributed by atoms with Gasteiger partial charge in [0.2, 0.25) is 0 Å². The zero-order valence-corrected chi connectivity index (χ0v) is 19.3. The first kappa shape index (κ1) is 23.8. The minimum absolute atomic E-state index is 0.0273. The Bertz CT molecular complexity index is 1190. The molecule has 0 radical (unpaired) electrons. The summed E-state index contributed by atoms with van der Waals surface area (Å²) in [5.74, 6) is -2.18. The summed E-state index contributed by atoms with van der Waals surface area (Å²) in [4.78, 5) is 26.6.